The van der Waals surface area contributed by atoms with Crippen molar-refractivity contribution >= 4 is 39.1 Å². The number of benzene rings is 2. The topological polar surface area (TPSA) is 96.0 Å². The third-order valence-corrected chi connectivity index (χ3v) is 7.84. The number of anilines is 1. The van der Waals surface area contributed by atoms with Gasteiger partial charge in [-0.25, -0.2) is 8.42 Å². The molecule has 8 nitrogen and oxygen atoms in total. The Kier molecular flexibility index (Phi) is 12.4. The number of amides is 2. The van der Waals surface area contributed by atoms with Crippen LogP contribution in [0.25, 0.3) is 0 Å². The van der Waals surface area contributed by atoms with E-state index in [0.717, 1.165) is 18.2 Å². The van der Waals surface area contributed by atoms with Crippen LogP contribution in [0.1, 0.15) is 58.9 Å². The van der Waals surface area contributed by atoms with Crippen LogP contribution in [0.2, 0.25) is 5.02 Å². The highest BCUT2D eigenvalue weighted by atomic mass is 35.5. The Morgan fingerprint density at radius 2 is 1.68 bits per heavy atom. The Morgan fingerprint density at radius 1 is 1.03 bits per heavy atom. The fourth-order valence-electron chi connectivity index (χ4n) is 4.05. The molecule has 0 aliphatic rings. The minimum absolute atomic E-state index is 0.0220. The molecule has 210 valence electrons. The standard InChI is InChI=1S/C28H40ClN3O5S/c1-6-21(4)30-28(34)26(7-2)31(20-22-12-9-10-13-25(22)29)27(33)14-11-19-32(38(5,35)36)23-15-17-24(18-16-23)37-8-3/h9-10,12-13,15-18,21,26H,6-8,11,14,19-20H2,1-5H3,(H,30,34)/t21-,26+/m1/s1. The number of nitrogens with one attached hydrogen (secondary N) is 1. The van der Waals surface area contributed by atoms with Crippen LogP contribution in [0.3, 0.4) is 0 Å². The average Bonchev–Trinajstić information content (AvgIpc) is 2.87. The first-order valence-corrected chi connectivity index (χ1v) is 15.3. The fourth-order valence-corrected chi connectivity index (χ4v) is 5.21. The molecular weight excluding hydrogens is 526 g/mol. The van der Waals surface area contributed by atoms with Gasteiger partial charge in [0.2, 0.25) is 21.8 Å². The molecule has 0 aliphatic heterocycles. The molecule has 2 aromatic carbocycles. The summed E-state index contributed by atoms with van der Waals surface area (Å²) in [5, 5.41) is 3.50. The van der Waals surface area contributed by atoms with E-state index in [4.69, 9.17) is 16.3 Å². The van der Waals surface area contributed by atoms with Crippen LogP contribution in [0.4, 0.5) is 5.69 Å². The van der Waals surface area contributed by atoms with Gasteiger partial charge >= 0.3 is 0 Å². The number of sulfonamides is 1. The zero-order valence-corrected chi connectivity index (χ0v) is 24.5. The SMILES string of the molecule is CCOc1ccc(N(CCCC(=O)N(Cc2ccccc2Cl)[C@@H](CC)C(=O)N[C@H](C)CC)S(C)(=O)=O)cc1. The monoisotopic (exact) mass is 565 g/mol. The van der Waals surface area contributed by atoms with E-state index >= 15 is 0 Å². The van der Waals surface area contributed by atoms with Crippen molar-refractivity contribution in [3.05, 3.63) is 59.1 Å². The summed E-state index contributed by atoms with van der Waals surface area (Å²) in [6.45, 7) is 8.46. The fraction of sp³-hybridized carbons (Fsp3) is 0.500. The summed E-state index contributed by atoms with van der Waals surface area (Å²) in [5.74, 6) is 0.196. The third kappa shape index (κ3) is 9.20. The van der Waals surface area contributed by atoms with Gasteiger partial charge in [0.25, 0.3) is 0 Å². The summed E-state index contributed by atoms with van der Waals surface area (Å²) in [4.78, 5) is 28.2. The number of carbonyl (C=O) groups excluding carboxylic acids is 2. The molecule has 2 atom stereocenters. The summed E-state index contributed by atoms with van der Waals surface area (Å²) in [6.07, 6.45) is 2.69. The van der Waals surface area contributed by atoms with E-state index in [1.165, 1.54) is 4.31 Å². The molecule has 0 saturated carbocycles. The van der Waals surface area contributed by atoms with Crippen molar-refractivity contribution < 1.29 is 22.7 Å². The van der Waals surface area contributed by atoms with Gasteiger partial charge in [-0.3, -0.25) is 13.9 Å². The van der Waals surface area contributed by atoms with E-state index in [1.54, 1.807) is 35.2 Å². The Hall–Kier alpha value is -2.78. The molecule has 1 N–H and O–H groups in total. The second-order valence-electron chi connectivity index (χ2n) is 9.22. The molecule has 2 amide bonds. The molecule has 0 bridgehead atoms. The van der Waals surface area contributed by atoms with Gasteiger partial charge in [-0.2, -0.15) is 0 Å². The summed E-state index contributed by atoms with van der Waals surface area (Å²) >= 11 is 6.38. The number of halogens is 1. The van der Waals surface area contributed by atoms with Gasteiger partial charge in [0.15, 0.2) is 0 Å². The third-order valence-electron chi connectivity index (χ3n) is 6.27. The molecule has 2 rings (SSSR count). The molecule has 38 heavy (non-hydrogen) atoms. The largest absolute Gasteiger partial charge is 0.494 e. The van der Waals surface area contributed by atoms with Crippen molar-refractivity contribution in [2.24, 2.45) is 0 Å². The zero-order valence-electron chi connectivity index (χ0n) is 22.9. The lowest BCUT2D eigenvalue weighted by atomic mass is 10.1. The van der Waals surface area contributed by atoms with E-state index < -0.39 is 16.1 Å². The molecule has 0 aliphatic carbocycles. The summed E-state index contributed by atoms with van der Waals surface area (Å²) < 4.78 is 31.8. The van der Waals surface area contributed by atoms with Gasteiger partial charge in [-0.05, 0) is 69.0 Å². The summed E-state index contributed by atoms with van der Waals surface area (Å²) in [7, 11) is -3.58. The Balaban J connectivity index is 2.22. The van der Waals surface area contributed by atoms with Crippen LogP contribution in [0.5, 0.6) is 5.75 Å². The van der Waals surface area contributed by atoms with E-state index in [-0.39, 0.29) is 43.8 Å². The predicted octanol–water partition coefficient (Wildman–Crippen LogP) is 5.01. The van der Waals surface area contributed by atoms with Gasteiger partial charge in [-0.1, -0.05) is 43.6 Å². The van der Waals surface area contributed by atoms with Crippen molar-refractivity contribution in [1.29, 1.82) is 0 Å². The molecule has 0 radical (unpaired) electrons. The first kappa shape index (κ1) is 31.4. The Labute approximate surface area is 232 Å². The highest BCUT2D eigenvalue weighted by Crippen LogP contribution is 2.24. The molecule has 0 fully saturated rings. The molecule has 0 saturated heterocycles. The second kappa shape index (κ2) is 15.0. The number of hydrogen-bond acceptors (Lipinski definition) is 5. The second-order valence-corrected chi connectivity index (χ2v) is 11.5. The van der Waals surface area contributed by atoms with Gasteiger partial charge in [-0.15, -0.1) is 0 Å². The lowest BCUT2D eigenvalue weighted by Gasteiger charge is -2.32. The number of carbonyl (C=O) groups is 2. The first-order valence-electron chi connectivity index (χ1n) is 13.1. The predicted molar refractivity (Wildman–Crippen MR) is 153 cm³/mol. The molecule has 10 heteroatoms. The number of nitrogens with zero attached hydrogens (tertiary/aromatic N) is 2. The zero-order chi connectivity index (χ0) is 28.3. The summed E-state index contributed by atoms with van der Waals surface area (Å²) in [6, 6.07) is 13.3. The van der Waals surface area contributed by atoms with E-state index in [9.17, 15) is 18.0 Å². The van der Waals surface area contributed by atoms with Crippen LogP contribution in [-0.2, 0) is 26.2 Å². The van der Waals surface area contributed by atoms with Crippen molar-refractivity contribution in [3.8, 4) is 5.75 Å². The highest BCUT2D eigenvalue weighted by Gasteiger charge is 2.29. The minimum Gasteiger partial charge on any atom is -0.494 e. The maximum absolute atomic E-state index is 13.5. The molecule has 0 aromatic heterocycles. The Morgan fingerprint density at radius 3 is 2.24 bits per heavy atom. The van der Waals surface area contributed by atoms with Gasteiger partial charge in [0.05, 0.1) is 18.6 Å². The van der Waals surface area contributed by atoms with Crippen LogP contribution < -0.4 is 14.4 Å². The smallest absolute Gasteiger partial charge is 0.243 e. The minimum atomic E-state index is -3.58. The average molecular weight is 566 g/mol. The van der Waals surface area contributed by atoms with Crippen LogP contribution in [0.15, 0.2) is 48.5 Å². The van der Waals surface area contributed by atoms with Crippen molar-refractivity contribution in [1.82, 2.24) is 10.2 Å². The first-order chi connectivity index (χ1) is 18.0. The van der Waals surface area contributed by atoms with Crippen LogP contribution >= 0.6 is 11.6 Å². The Bertz CT molecular complexity index is 1160. The molecular formula is C28H40ClN3O5S. The molecule has 0 unspecified atom stereocenters. The van der Waals surface area contributed by atoms with Crippen molar-refractivity contribution in [3.63, 3.8) is 0 Å². The lowest BCUT2D eigenvalue weighted by molar-refractivity contribution is -0.141. The van der Waals surface area contributed by atoms with Gasteiger partial charge in [0.1, 0.15) is 11.8 Å². The molecule has 0 spiro atoms. The van der Waals surface area contributed by atoms with E-state index in [2.05, 4.69) is 5.32 Å². The van der Waals surface area contributed by atoms with Crippen molar-refractivity contribution in [2.75, 3.05) is 23.7 Å². The van der Waals surface area contributed by atoms with Crippen molar-refractivity contribution in [2.45, 2.75) is 72.0 Å². The molecule has 0 heterocycles. The maximum atomic E-state index is 13.5. The van der Waals surface area contributed by atoms with E-state index in [0.29, 0.717) is 29.5 Å². The molecule has 2 aromatic rings. The van der Waals surface area contributed by atoms with Crippen LogP contribution in [0, 0.1) is 0 Å². The quantitative estimate of drug-likeness (QED) is 0.327. The van der Waals surface area contributed by atoms with Crippen LogP contribution in [-0.4, -0.2) is 56.6 Å². The maximum Gasteiger partial charge on any atom is 0.243 e. The number of hydrogen-bond donors (Lipinski definition) is 1. The number of rotatable bonds is 15. The van der Waals surface area contributed by atoms with E-state index in [1.807, 2.05) is 45.9 Å². The highest BCUT2D eigenvalue weighted by molar-refractivity contribution is 7.92. The lowest BCUT2D eigenvalue weighted by Crippen LogP contribution is -2.50. The summed E-state index contributed by atoms with van der Waals surface area (Å²) in [5.41, 5.74) is 1.24. The van der Waals surface area contributed by atoms with Gasteiger partial charge < -0.3 is 15.0 Å². The number of ether oxygens (including phenoxy) is 1. The normalized spacial score (nSPS) is 12.9. The van der Waals surface area contributed by atoms with Gasteiger partial charge in [0, 0.05) is 30.6 Å².